The summed E-state index contributed by atoms with van der Waals surface area (Å²) < 4.78 is 23.5. The zero-order valence-corrected chi connectivity index (χ0v) is 79.3. The van der Waals surface area contributed by atoms with Crippen molar-refractivity contribution >= 4 is 99.6 Å². The number of aliphatic hydroxyl groups is 4. The first kappa shape index (κ1) is 112. The van der Waals surface area contributed by atoms with E-state index in [2.05, 4.69) is 83.4 Å². The average Bonchev–Trinajstić information content (AvgIpc) is 1.23. The zero-order chi connectivity index (χ0) is 102. The highest BCUT2D eigenvalue weighted by Gasteiger charge is 2.44. The molecule has 4 aromatic carbocycles. The second kappa shape index (κ2) is 55.6. The van der Waals surface area contributed by atoms with Crippen molar-refractivity contribution < 1.29 is 116 Å². The van der Waals surface area contributed by atoms with Gasteiger partial charge in [0.05, 0.1) is 93.0 Å². The molecule has 7 rings (SSSR count). The third-order valence-corrected chi connectivity index (χ3v) is 23.5. The number of ether oxygens (including phenoxy) is 1. The summed E-state index contributed by atoms with van der Waals surface area (Å²) in [6.45, 7) is 10.6. The highest BCUT2D eigenvalue weighted by atomic mass is 19.1. The zero-order valence-electron chi connectivity index (χ0n) is 79.3. The molecule has 42 nitrogen and oxygen atoms in total. The number of nitrogens with two attached hydrogens (primary N) is 2. The summed E-state index contributed by atoms with van der Waals surface area (Å²) in [4.78, 5) is 236. The fraction of sp³-hybridized carbons (Fsp3) is 0.510. The Kier molecular flexibility index (Phi) is 44.9. The number of hydrogen-bond donors (Lipinski definition) is 17. The van der Waals surface area contributed by atoms with Crippen LogP contribution in [0.1, 0.15) is 188 Å². The van der Waals surface area contributed by atoms with Crippen molar-refractivity contribution in [1.82, 2.24) is 88.1 Å². The van der Waals surface area contributed by atoms with Crippen LogP contribution in [0.4, 0.5) is 4.39 Å². The summed E-state index contributed by atoms with van der Waals surface area (Å²) in [5.74, 6) is -17.9. The Morgan fingerprint density at radius 1 is 0.590 bits per heavy atom. The number of Topliss-reactive ketones (excluding diaryl/α,β-unsaturated/α-hetero) is 7. The Balaban J connectivity index is 0.975. The maximum absolute atomic E-state index is 15.7. The van der Waals surface area contributed by atoms with E-state index in [1.165, 1.54) is 45.3 Å². The van der Waals surface area contributed by atoms with Crippen LogP contribution in [0.15, 0.2) is 104 Å². The molecule has 0 aliphatic rings. The SMILES string of the molecule is CCc1cc(OCCCCn2cc(CCC(=O)CNC(=O)CCC(=O)CNC(=O)CCC(=O)[C@@H](N)CO)nn2)ccc1-c1ccc(C[C@H](CC(=O)[C@H](CC(=O)O)NC(=O)[C@H](CO)CC(=O)[C@@H](NC(=O)[C@@](C)(CC(=O)[C@@H](NC(=O)CCC(=O)[C@H](Cc2nnn[nH]2)NC(=O)C(C)(C)C(=O)NCCc2cnc[nH]2)[C@@H](C)O)Cc2ccccc2F)[C@@H](C)O)C(=O)N[C@@H](CCCc2cc(C)cc(C)c2)C(N)=O)cc1. The molecule has 7 aromatic rings. The van der Waals surface area contributed by atoms with E-state index in [4.69, 9.17) is 21.3 Å². The van der Waals surface area contributed by atoms with Gasteiger partial charge < -0.3 is 89.3 Å². The molecular formula is C96H128FN19O23. The molecule has 752 valence electrons. The minimum absolute atomic E-state index is 0.0451. The highest BCUT2D eigenvalue weighted by molar-refractivity contribution is 6.06. The lowest BCUT2D eigenvalue weighted by Gasteiger charge is -2.33. The Hall–Kier alpha value is -13.8. The first-order valence-corrected chi connectivity index (χ1v) is 46.1. The Morgan fingerprint density at radius 2 is 1.23 bits per heavy atom. The molecule has 11 atom stereocenters. The van der Waals surface area contributed by atoms with Crippen LogP contribution in [0, 0.1) is 42.3 Å². The molecule has 0 radical (unpaired) electrons. The number of aliphatic carboxylic acids is 1. The van der Waals surface area contributed by atoms with Crippen molar-refractivity contribution in [3.05, 3.63) is 160 Å². The van der Waals surface area contributed by atoms with E-state index in [0.29, 0.717) is 68.7 Å². The van der Waals surface area contributed by atoms with E-state index in [-0.39, 0.29) is 94.6 Å². The fourth-order valence-corrected chi connectivity index (χ4v) is 15.3. The fourth-order valence-electron chi connectivity index (χ4n) is 15.3. The summed E-state index contributed by atoms with van der Waals surface area (Å²) in [7, 11) is 0. The average molecular weight is 1940 g/mol. The normalized spacial score (nSPS) is 14.0. The number of unbranched alkanes of at least 4 members (excludes halogenated alkanes) is 1. The number of rotatable bonds is 65. The Morgan fingerprint density at radius 3 is 1.86 bits per heavy atom. The van der Waals surface area contributed by atoms with Crippen LogP contribution in [0.25, 0.3) is 11.1 Å². The van der Waals surface area contributed by atoms with Gasteiger partial charge >= 0.3 is 5.97 Å². The smallest absolute Gasteiger partial charge is 0.305 e. The molecule has 0 aliphatic carbocycles. The quantitative estimate of drug-likeness (QED) is 0.0188. The van der Waals surface area contributed by atoms with Gasteiger partial charge in [-0.15, -0.1) is 10.2 Å². The largest absolute Gasteiger partial charge is 0.494 e. The summed E-state index contributed by atoms with van der Waals surface area (Å²) in [5, 5.41) is 93.8. The van der Waals surface area contributed by atoms with Crippen molar-refractivity contribution in [3.8, 4) is 16.9 Å². The molecule has 19 N–H and O–H groups in total. The van der Waals surface area contributed by atoms with Gasteiger partial charge in [-0.3, -0.25) is 86.2 Å². The number of primary amides is 1. The molecule has 139 heavy (non-hydrogen) atoms. The molecule has 0 bridgehead atoms. The highest BCUT2D eigenvalue weighted by Crippen LogP contribution is 2.33. The summed E-state index contributed by atoms with van der Waals surface area (Å²) in [5.41, 5.74) is 14.7. The number of carbonyl (C=O) groups is 17. The number of carbonyl (C=O) groups excluding carboxylic acids is 16. The molecular weight excluding hydrogens is 1810 g/mol. The third-order valence-electron chi connectivity index (χ3n) is 23.5. The van der Waals surface area contributed by atoms with Crippen molar-refractivity contribution in [2.24, 2.45) is 34.1 Å². The van der Waals surface area contributed by atoms with Crippen LogP contribution in [0.3, 0.4) is 0 Å². The number of aliphatic hydroxyl groups excluding tert-OH is 4. The number of carboxylic acid groups (broad SMARTS) is 1. The molecule has 3 heterocycles. The third kappa shape index (κ3) is 37.2. The van der Waals surface area contributed by atoms with Crippen LogP contribution in [-0.4, -0.2) is 259 Å². The van der Waals surface area contributed by atoms with Gasteiger partial charge in [-0.05, 0) is 155 Å². The number of H-pyrrole nitrogens is 2. The van der Waals surface area contributed by atoms with Crippen LogP contribution in [0.2, 0.25) is 0 Å². The number of imidazole rings is 1. The van der Waals surface area contributed by atoms with Gasteiger partial charge in [0.25, 0.3) is 0 Å². The van der Waals surface area contributed by atoms with Crippen LogP contribution in [-0.2, 0) is 133 Å². The lowest BCUT2D eigenvalue weighted by Crippen LogP contribution is -2.55. The van der Waals surface area contributed by atoms with Gasteiger partial charge in [-0.2, -0.15) is 0 Å². The molecule has 0 saturated carbocycles. The molecule has 0 saturated heterocycles. The first-order valence-electron chi connectivity index (χ1n) is 46.1. The predicted molar refractivity (Wildman–Crippen MR) is 498 cm³/mol. The minimum Gasteiger partial charge on any atom is -0.494 e. The van der Waals surface area contributed by atoms with Crippen molar-refractivity contribution in [1.29, 1.82) is 0 Å². The molecule has 3 aromatic heterocycles. The molecule has 9 amide bonds. The van der Waals surface area contributed by atoms with Gasteiger partial charge in [0.15, 0.2) is 46.3 Å². The van der Waals surface area contributed by atoms with Gasteiger partial charge in [-0.1, -0.05) is 96.9 Å². The second-order valence-corrected chi connectivity index (χ2v) is 35.6. The number of benzene rings is 4. The molecule has 0 spiro atoms. The number of hydrogen-bond acceptors (Lipinski definition) is 29. The van der Waals surface area contributed by atoms with E-state index >= 15 is 4.39 Å². The van der Waals surface area contributed by atoms with Crippen LogP contribution >= 0.6 is 0 Å². The predicted octanol–water partition coefficient (Wildman–Crippen LogP) is 1.15. The summed E-state index contributed by atoms with van der Waals surface area (Å²) in [6, 6.07) is 14.3. The lowest BCUT2D eigenvalue weighted by molar-refractivity contribution is -0.143. The first-order chi connectivity index (χ1) is 66.0. The maximum atomic E-state index is 15.7. The summed E-state index contributed by atoms with van der Waals surface area (Å²) in [6.07, 6.45) is -2.22. The lowest BCUT2D eigenvalue weighted by atomic mass is 9.76. The van der Waals surface area contributed by atoms with E-state index in [9.17, 15) is 102 Å². The number of halogens is 1. The summed E-state index contributed by atoms with van der Waals surface area (Å²) >= 11 is 0. The van der Waals surface area contributed by atoms with E-state index in [1.807, 2.05) is 57.2 Å². The number of aromatic amines is 2. The number of aromatic nitrogens is 9. The molecule has 0 unspecified atom stereocenters. The molecule has 0 fully saturated rings. The maximum Gasteiger partial charge on any atom is 0.305 e. The number of nitrogens with one attached hydrogen (secondary N) is 10. The molecule has 43 heteroatoms. The van der Waals surface area contributed by atoms with Gasteiger partial charge in [0.2, 0.25) is 53.2 Å². The van der Waals surface area contributed by atoms with E-state index in [0.717, 1.165) is 59.0 Å². The number of amides is 9. The second-order valence-electron chi connectivity index (χ2n) is 35.6. The van der Waals surface area contributed by atoms with Crippen molar-refractivity contribution in [3.63, 3.8) is 0 Å². The van der Waals surface area contributed by atoms with Gasteiger partial charge in [0, 0.05) is 121 Å². The van der Waals surface area contributed by atoms with E-state index < -0.39 is 229 Å². The minimum atomic E-state index is -2.13. The monoisotopic (exact) mass is 1930 g/mol. The van der Waals surface area contributed by atoms with Crippen molar-refractivity contribution in [2.75, 3.05) is 39.5 Å². The standard InChI is InChI=1S/C96H128FN19O23/c1-9-61-41-70(139-36-13-12-35-116-51-67(110-115-116)23-24-68(121)49-102-83(128)30-25-69(122)50-103-84(129)31-28-77(123)73(98)53-118)26-27-71(61)62-21-19-59(20-22-62)40-64(90(134)105-74(89(99)133)18-14-15-60-38-55(2)37-56(3)39-60)42-79(125)76(45-86(131)132)106-91(135)65(52-117)43-80(126)87(57(4)119)109-94(138)96(8,46-63-16-10-11-17-72(63)97)47-81(127)88(58(5)120)108-85(130)32-29-78(124)75(44-82-111-113-114-112-82)107-93(137)95(6,7)92(136)101-34-33-66-48-100-54-104-66/h10-11,16-17,19-22,26-27,37-39,41,48,51,54,57-58,64-65,73-76,87-88,117-120H,9,12-15,18,23-25,28-36,40,42-47,49-50,52-53,98H2,1-8H3,(H2,99,133)(H,100,104)(H,101,136)(H,102,128)(H,103,129)(H,105,134)(H,106,135)(H,107,137)(H,108,130)(H,109,138)(H,131,132)(H,111,112,113,114)/t57-,58-,64-,65+,73+,74+,75+,76+,87+,88+,96-/m1/s1. The number of nitrogens with zero attached hydrogens (tertiary/aromatic N) is 7. The number of ketones is 7. The number of carboxylic acids is 1. The number of aryl methyl sites for hydroxylation is 6. The van der Waals surface area contributed by atoms with Gasteiger partial charge in [-0.25, -0.2) is 14.5 Å². The molecule has 0 aliphatic heterocycles. The van der Waals surface area contributed by atoms with Crippen molar-refractivity contribution in [2.45, 2.75) is 252 Å². The van der Waals surface area contributed by atoms with Crippen LogP contribution < -0.4 is 58.7 Å². The Labute approximate surface area is 802 Å². The van der Waals surface area contributed by atoms with Crippen LogP contribution in [0.5, 0.6) is 5.75 Å². The number of tetrazole rings is 1. The van der Waals surface area contributed by atoms with Gasteiger partial charge in [0.1, 0.15) is 35.1 Å². The topological polar surface area (TPSA) is 663 Å². The van der Waals surface area contributed by atoms with E-state index in [1.54, 1.807) is 41.3 Å². The Bertz CT molecular complexity index is 5380.